The third-order valence-electron chi connectivity index (χ3n) is 10.0. The van der Waals surface area contributed by atoms with E-state index in [4.69, 9.17) is 17.3 Å². The van der Waals surface area contributed by atoms with Crippen LogP contribution in [0.1, 0.15) is 58.8 Å². The van der Waals surface area contributed by atoms with Gasteiger partial charge in [-0.15, -0.1) is 0 Å². The highest BCUT2D eigenvalue weighted by molar-refractivity contribution is 6.31. The fourth-order valence-electron chi connectivity index (χ4n) is 8.24. The number of anilines is 2. The van der Waals surface area contributed by atoms with Crippen molar-refractivity contribution in [1.29, 1.82) is 0 Å². The van der Waals surface area contributed by atoms with Gasteiger partial charge in [-0.2, -0.15) is 0 Å². The van der Waals surface area contributed by atoms with Crippen LogP contribution in [0.4, 0.5) is 11.4 Å². The molecule has 7 atom stereocenters. The van der Waals surface area contributed by atoms with Crippen LogP contribution in [0.25, 0.3) is 0 Å². The van der Waals surface area contributed by atoms with Crippen LogP contribution in [0.2, 0.25) is 5.02 Å². The highest BCUT2D eigenvalue weighted by Crippen LogP contribution is 2.66. The average molecular weight is 470 g/mol. The number of fused-ring (bicyclic) bond motifs is 5. The van der Waals surface area contributed by atoms with Gasteiger partial charge in [0.1, 0.15) is 0 Å². The number of nitrogen functional groups attached to an aromatic ring is 1. The average Bonchev–Trinajstić information content (AvgIpc) is 3.10. The molecule has 33 heavy (non-hydrogen) atoms. The second-order valence-corrected chi connectivity index (χ2v) is 11.9. The lowest BCUT2D eigenvalue weighted by atomic mass is 9.47. The Balaban J connectivity index is 1.32. The number of likely N-dealkylation sites (N-methyl/N-ethyl adjacent to an activating group) is 1. The molecule has 1 heterocycles. The first kappa shape index (κ1) is 22.8. The summed E-state index contributed by atoms with van der Waals surface area (Å²) in [6.45, 7) is 4.82. The lowest BCUT2D eigenvalue weighted by Gasteiger charge is -2.60. The zero-order valence-electron chi connectivity index (χ0n) is 19.9. The summed E-state index contributed by atoms with van der Waals surface area (Å²) >= 11 is 6.09. The number of carbonyl (C=O) groups is 2. The van der Waals surface area contributed by atoms with Crippen molar-refractivity contribution in [2.45, 2.75) is 64.8 Å². The SMILES string of the molecule is CN1C(=O)C=C[C@]2(C)[C@H]3CC[C@]4(C)[C@@H](CC(=O)Nc5cc(Cl)ccc5N)CC[C@H]4[C@@H]3CC[C@@H]12. The Morgan fingerprint density at radius 2 is 1.97 bits per heavy atom. The number of hydrogen-bond donors (Lipinski definition) is 2. The lowest BCUT2D eigenvalue weighted by molar-refractivity contribution is -0.139. The van der Waals surface area contributed by atoms with Gasteiger partial charge < -0.3 is 16.0 Å². The molecular weight excluding hydrogens is 434 g/mol. The Labute approximate surface area is 202 Å². The van der Waals surface area contributed by atoms with Crippen molar-refractivity contribution in [3.8, 4) is 0 Å². The molecule has 4 aliphatic rings. The van der Waals surface area contributed by atoms with Crippen molar-refractivity contribution >= 4 is 34.8 Å². The fourth-order valence-corrected chi connectivity index (χ4v) is 8.42. The van der Waals surface area contributed by atoms with Crippen LogP contribution in [-0.4, -0.2) is 29.8 Å². The lowest BCUT2D eigenvalue weighted by Crippen LogP contribution is -2.59. The molecule has 0 aromatic heterocycles. The first-order chi connectivity index (χ1) is 15.6. The molecule has 1 aromatic rings. The minimum Gasteiger partial charge on any atom is -0.397 e. The second-order valence-electron chi connectivity index (χ2n) is 11.4. The van der Waals surface area contributed by atoms with Crippen LogP contribution in [0.5, 0.6) is 0 Å². The summed E-state index contributed by atoms with van der Waals surface area (Å²) in [5.74, 6) is 2.50. The van der Waals surface area contributed by atoms with E-state index in [0.717, 1.165) is 19.3 Å². The van der Waals surface area contributed by atoms with Crippen LogP contribution in [0.15, 0.2) is 30.4 Å². The number of halogens is 1. The van der Waals surface area contributed by atoms with Crippen molar-refractivity contribution in [1.82, 2.24) is 4.90 Å². The highest BCUT2D eigenvalue weighted by atomic mass is 35.5. The molecule has 3 aliphatic carbocycles. The van der Waals surface area contributed by atoms with Gasteiger partial charge in [0.05, 0.1) is 11.4 Å². The Hall–Kier alpha value is -2.01. The third-order valence-corrected chi connectivity index (χ3v) is 10.3. The van der Waals surface area contributed by atoms with E-state index < -0.39 is 0 Å². The van der Waals surface area contributed by atoms with Gasteiger partial charge in [0.2, 0.25) is 11.8 Å². The number of nitrogens with one attached hydrogen (secondary N) is 1. The monoisotopic (exact) mass is 469 g/mol. The molecule has 0 bridgehead atoms. The number of nitrogens with zero attached hydrogens (tertiary/aromatic N) is 1. The second kappa shape index (κ2) is 8.04. The summed E-state index contributed by atoms with van der Waals surface area (Å²) in [7, 11) is 1.97. The number of hydrogen-bond acceptors (Lipinski definition) is 3. The van der Waals surface area contributed by atoms with E-state index >= 15 is 0 Å². The van der Waals surface area contributed by atoms with Crippen molar-refractivity contribution in [2.75, 3.05) is 18.1 Å². The molecule has 0 spiro atoms. The van der Waals surface area contributed by atoms with E-state index in [0.29, 0.717) is 52.5 Å². The van der Waals surface area contributed by atoms with Crippen molar-refractivity contribution in [3.05, 3.63) is 35.4 Å². The van der Waals surface area contributed by atoms with Gasteiger partial charge in [0.25, 0.3) is 0 Å². The minimum absolute atomic E-state index is 0.0315. The van der Waals surface area contributed by atoms with E-state index in [1.807, 2.05) is 11.9 Å². The van der Waals surface area contributed by atoms with Crippen molar-refractivity contribution < 1.29 is 9.59 Å². The number of nitrogens with two attached hydrogens (primary N) is 1. The molecule has 178 valence electrons. The zero-order chi connectivity index (χ0) is 23.5. The molecule has 0 radical (unpaired) electrons. The van der Waals surface area contributed by atoms with Crippen LogP contribution in [0, 0.1) is 34.5 Å². The molecular formula is C27H36ClN3O2. The summed E-state index contributed by atoms with van der Waals surface area (Å²) in [4.78, 5) is 27.2. The van der Waals surface area contributed by atoms with E-state index in [1.165, 1.54) is 19.3 Å². The predicted octanol–water partition coefficient (Wildman–Crippen LogP) is 5.51. The van der Waals surface area contributed by atoms with E-state index in [2.05, 4.69) is 25.2 Å². The van der Waals surface area contributed by atoms with Gasteiger partial charge in [-0.3, -0.25) is 9.59 Å². The fraction of sp³-hybridized carbons (Fsp3) is 0.630. The first-order valence-electron chi connectivity index (χ1n) is 12.4. The van der Waals surface area contributed by atoms with E-state index in [9.17, 15) is 9.59 Å². The highest BCUT2D eigenvalue weighted by Gasteiger charge is 2.60. The summed E-state index contributed by atoms with van der Waals surface area (Å²) in [5, 5.41) is 3.57. The van der Waals surface area contributed by atoms with Gasteiger partial charge in [0, 0.05) is 29.9 Å². The molecule has 5 rings (SSSR count). The number of rotatable bonds is 3. The Morgan fingerprint density at radius 1 is 1.18 bits per heavy atom. The maximum atomic E-state index is 13.0. The minimum atomic E-state index is 0.0315. The van der Waals surface area contributed by atoms with Crippen molar-refractivity contribution in [2.24, 2.45) is 34.5 Å². The third kappa shape index (κ3) is 3.58. The summed E-state index contributed by atoms with van der Waals surface area (Å²) in [6, 6.07) is 5.50. The maximum absolute atomic E-state index is 13.0. The quantitative estimate of drug-likeness (QED) is 0.573. The van der Waals surface area contributed by atoms with Crippen LogP contribution in [-0.2, 0) is 9.59 Å². The number of amides is 2. The van der Waals surface area contributed by atoms with Crippen LogP contribution < -0.4 is 11.1 Å². The summed E-state index contributed by atoms with van der Waals surface area (Å²) in [6.07, 6.45) is 11.5. The van der Waals surface area contributed by atoms with E-state index in [1.54, 1.807) is 24.3 Å². The molecule has 3 fully saturated rings. The van der Waals surface area contributed by atoms with E-state index in [-0.39, 0.29) is 22.6 Å². The zero-order valence-corrected chi connectivity index (χ0v) is 20.7. The standard InChI is InChI=1S/C27H36ClN3O2/c1-26-12-10-20-18(6-9-23-27(20,2)13-11-25(33)31(23)3)19(26)7-4-16(26)14-24(32)30-22-15-17(28)5-8-21(22)29/h5,8,11,13,15-16,18-20,23H,4,6-7,9-10,12,14,29H2,1-3H3,(H,30,32)/t16-,18+,19+,20+,23-,26-,27-/m1/s1. The predicted molar refractivity (Wildman–Crippen MR) is 133 cm³/mol. The molecule has 6 heteroatoms. The Bertz CT molecular complexity index is 1010. The molecule has 0 unspecified atom stereocenters. The normalized spacial score (nSPS) is 39.6. The molecule has 3 saturated carbocycles. The van der Waals surface area contributed by atoms with Gasteiger partial charge in [-0.05, 0) is 91.9 Å². The molecule has 5 nitrogen and oxygen atoms in total. The molecule has 2 amide bonds. The largest absolute Gasteiger partial charge is 0.397 e. The van der Waals surface area contributed by atoms with Gasteiger partial charge in [-0.25, -0.2) is 0 Å². The molecule has 3 N–H and O–H groups in total. The number of benzene rings is 1. The Morgan fingerprint density at radius 3 is 2.76 bits per heavy atom. The van der Waals surface area contributed by atoms with Crippen molar-refractivity contribution in [3.63, 3.8) is 0 Å². The molecule has 1 aliphatic heterocycles. The van der Waals surface area contributed by atoms with Gasteiger partial charge in [0.15, 0.2) is 0 Å². The number of carbonyl (C=O) groups excluding carboxylic acids is 2. The summed E-state index contributed by atoms with van der Waals surface area (Å²) in [5.41, 5.74) is 7.43. The van der Waals surface area contributed by atoms with Crippen LogP contribution >= 0.6 is 11.6 Å². The van der Waals surface area contributed by atoms with Gasteiger partial charge in [-0.1, -0.05) is 31.5 Å². The topological polar surface area (TPSA) is 75.4 Å². The first-order valence-corrected chi connectivity index (χ1v) is 12.8. The maximum Gasteiger partial charge on any atom is 0.246 e. The molecule has 1 aromatic carbocycles. The van der Waals surface area contributed by atoms with Gasteiger partial charge >= 0.3 is 0 Å². The molecule has 0 saturated heterocycles. The van der Waals surface area contributed by atoms with Crippen LogP contribution in [0.3, 0.4) is 0 Å². The summed E-state index contributed by atoms with van der Waals surface area (Å²) < 4.78 is 0. The Kier molecular flexibility index (Phi) is 5.55. The smallest absolute Gasteiger partial charge is 0.246 e.